The van der Waals surface area contributed by atoms with E-state index in [0.717, 1.165) is 0 Å². The summed E-state index contributed by atoms with van der Waals surface area (Å²) in [6, 6.07) is 10.6. The highest BCUT2D eigenvalue weighted by molar-refractivity contribution is 6.07. The quantitative estimate of drug-likeness (QED) is 0.185. The van der Waals surface area contributed by atoms with Crippen LogP contribution in [-0.2, 0) is 28.7 Å². The molecule has 1 aliphatic heterocycles. The molecule has 0 amide bonds. The summed E-state index contributed by atoms with van der Waals surface area (Å²) in [4.78, 5) is 63.0. The second-order valence-electron chi connectivity index (χ2n) is 9.91. The van der Waals surface area contributed by atoms with Crippen LogP contribution in [0.15, 0.2) is 54.3 Å². The SMILES string of the molecule is CC(=O)C(O)[C@@H]1OC(OC(=CC(=O)c2ccc3ccccc3c2)C(F)(F)F)[C@@](O)(C(C)=O)[C@](O)(C(C)=O)[C@]1(O)C(C)=O. The summed E-state index contributed by atoms with van der Waals surface area (Å²) in [5, 5.41) is 45.7. The standard InChI is InChI=1S/C28H27F3O11/c1-13(32)22(37)23-25(38,14(2)33)27(40,16(4)35)26(39,15(3)34)24(42-23)41-21(28(29,30)31)12-20(36)19-10-9-17-7-5-6-8-18(17)11-19/h5-12,22-24,37-40H,1-4H3/t22?,23-,24?,25-,26-,27-/m0/s1. The second-order valence-corrected chi connectivity index (χ2v) is 9.91. The number of ether oxygens (including phenoxy) is 2. The molecule has 42 heavy (non-hydrogen) atoms. The third-order valence-electron chi connectivity index (χ3n) is 7.22. The van der Waals surface area contributed by atoms with E-state index in [1.165, 1.54) is 18.2 Å². The van der Waals surface area contributed by atoms with E-state index in [4.69, 9.17) is 9.47 Å². The van der Waals surface area contributed by atoms with Crippen LogP contribution in [0.5, 0.6) is 0 Å². The Morgan fingerprint density at radius 3 is 1.90 bits per heavy atom. The number of fused-ring (bicyclic) bond motifs is 1. The highest BCUT2D eigenvalue weighted by atomic mass is 19.4. The molecule has 2 aromatic rings. The van der Waals surface area contributed by atoms with Gasteiger partial charge in [-0.15, -0.1) is 0 Å². The molecule has 0 bridgehead atoms. The van der Waals surface area contributed by atoms with Gasteiger partial charge in [0.05, 0.1) is 0 Å². The lowest BCUT2D eigenvalue weighted by Gasteiger charge is -2.57. The number of aliphatic hydroxyl groups is 4. The van der Waals surface area contributed by atoms with Gasteiger partial charge in [0.1, 0.15) is 12.2 Å². The van der Waals surface area contributed by atoms with Crippen molar-refractivity contribution in [1.82, 2.24) is 0 Å². The van der Waals surface area contributed by atoms with Gasteiger partial charge in [0.15, 0.2) is 34.5 Å². The van der Waals surface area contributed by atoms with E-state index in [2.05, 4.69) is 0 Å². The fourth-order valence-electron chi connectivity index (χ4n) is 4.88. The van der Waals surface area contributed by atoms with Crippen LogP contribution >= 0.6 is 0 Å². The Balaban J connectivity index is 2.23. The van der Waals surface area contributed by atoms with Gasteiger partial charge < -0.3 is 29.9 Å². The maximum Gasteiger partial charge on any atom is 0.449 e. The van der Waals surface area contributed by atoms with Crippen LogP contribution in [0.2, 0.25) is 0 Å². The first kappa shape index (κ1) is 32.7. The number of hydrogen-bond acceptors (Lipinski definition) is 11. The number of rotatable bonds is 9. The molecule has 0 spiro atoms. The van der Waals surface area contributed by atoms with E-state index in [1.54, 1.807) is 24.3 Å². The van der Waals surface area contributed by atoms with Crippen molar-refractivity contribution >= 4 is 39.7 Å². The molecule has 2 aromatic carbocycles. The lowest BCUT2D eigenvalue weighted by Crippen LogP contribution is -2.87. The smallest absolute Gasteiger partial charge is 0.449 e. The maximum absolute atomic E-state index is 14.2. The Bertz CT molecular complexity index is 1500. The normalized spacial score (nSPS) is 29.1. The lowest BCUT2D eigenvalue weighted by molar-refractivity contribution is -0.371. The summed E-state index contributed by atoms with van der Waals surface area (Å²) in [5.41, 5.74) is -12.0. The largest absolute Gasteiger partial charge is 0.456 e. The van der Waals surface area contributed by atoms with Gasteiger partial charge in [-0.1, -0.05) is 36.4 Å². The number of hydrogen-bond donors (Lipinski definition) is 4. The monoisotopic (exact) mass is 596 g/mol. The van der Waals surface area contributed by atoms with Crippen LogP contribution in [0.25, 0.3) is 10.8 Å². The Hall–Kier alpha value is -3.82. The van der Waals surface area contributed by atoms with Gasteiger partial charge in [0.2, 0.25) is 23.3 Å². The van der Waals surface area contributed by atoms with E-state index in [-0.39, 0.29) is 11.6 Å². The first-order chi connectivity index (χ1) is 19.2. The number of allylic oxidation sites excluding steroid dienone is 2. The van der Waals surface area contributed by atoms with Gasteiger partial charge in [-0.2, -0.15) is 13.2 Å². The number of ketones is 5. The first-order valence-electron chi connectivity index (χ1n) is 12.3. The van der Waals surface area contributed by atoms with Crippen molar-refractivity contribution in [2.45, 2.75) is 69.2 Å². The first-order valence-corrected chi connectivity index (χ1v) is 12.3. The number of benzene rings is 2. The molecular weight excluding hydrogens is 569 g/mol. The lowest BCUT2D eigenvalue weighted by atomic mass is 9.60. The number of aliphatic hydroxyl groups excluding tert-OH is 1. The number of alkyl halides is 3. The molecule has 6 atom stereocenters. The van der Waals surface area contributed by atoms with Crippen molar-refractivity contribution in [3.63, 3.8) is 0 Å². The number of Topliss-reactive ketones (excluding diaryl/α,β-unsaturated/α-hetero) is 4. The molecule has 1 heterocycles. The molecule has 3 rings (SSSR count). The molecule has 4 N–H and O–H groups in total. The highest BCUT2D eigenvalue weighted by Gasteiger charge is 2.80. The van der Waals surface area contributed by atoms with Gasteiger partial charge in [0.25, 0.3) is 0 Å². The summed E-state index contributed by atoms with van der Waals surface area (Å²) in [5.74, 6) is -9.78. The molecule has 0 aliphatic carbocycles. The average molecular weight is 597 g/mol. The van der Waals surface area contributed by atoms with E-state index in [9.17, 15) is 57.6 Å². The van der Waals surface area contributed by atoms with Crippen molar-refractivity contribution in [1.29, 1.82) is 0 Å². The van der Waals surface area contributed by atoms with Crippen LogP contribution in [0.1, 0.15) is 38.1 Å². The summed E-state index contributed by atoms with van der Waals surface area (Å²) < 4.78 is 52.3. The molecule has 1 fully saturated rings. The summed E-state index contributed by atoms with van der Waals surface area (Å²) in [6.45, 7) is 2.22. The van der Waals surface area contributed by atoms with Crippen LogP contribution in [0, 0.1) is 0 Å². The number of carbonyl (C=O) groups excluding carboxylic acids is 5. The van der Waals surface area contributed by atoms with Crippen LogP contribution < -0.4 is 0 Å². The molecule has 0 saturated carbocycles. The molecule has 226 valence electrons. The zero-order valence-electron chi connectivity index (χ0n) is 22.6. The van der Waals surface area contributed by atoms with Crippen molar-refractivity contribution in [3.05, 3.63) is 59.9 Å². The van der Waals surface area contributed by atoms with Crippen molar-refractivity contribution in [2.75, 3.05) is 0 Å². The highest BCUT2D eigenvalue weighted by Crippen LogP contribution is 2.49. The molecule has 2 unspecified atom stereocenters. The average Bonchev–Trinajstić information content (AvgIpc) is 2.90. The Labute approximate surface area is 236 Å². The Kier molecular flexibility index (Phi) is 8.65. The van der Waals surface area contributed by atoms with Crippen LogP contribution in [0.3, 0.4) is 0 Å². The topological polar surface area (TPSA) is 185 Å². The van der Waals surface area contributed by atoms with Crippen molar-refractivity contribution in [3.8, 4) is 0 Å². The molecule has 1 aliphatic rings. The molecule has 0 aromatic heterocycles. The summed E-state index contributed by atoms with van der Waals surface area (Å²) in [7, 11) is 0. The van der Waals surface area contributed by atoms with Gasteiger partial charge in [0, 0.05) is 11.6 Å². The zero-order chi connectivity index (χ0) is 32.0. The predicted octanol–water partition coefficient (Wildman–Crippen LogP) is 1.12. The second kappa shape index (κ2) is 11.1. The summed E-state index contributed by atoms with van der Waals surface area (Å²) in [6.07, 6.45) is -14.0. The van der Waals surface area contributed by atoms with Crippen LogP contribution in [-0.4, -0.2) is 90.8 Å². The third-order valence-corrected chi connectivity index (χ3v) is 7.22. The molecule has 11 nitrogen and oxygen atoms in total. The fraction of sp³-hybridized carbons (Fsp3) is 0.393. The molecular formula is C28H27F3O11. The minimum atomic E-state index is -5.54. The molecule has 1 saturated heterocycles. The minimum Gasteiger partial charge on any atom is -0.456 e. The Morgan fingerprint density at radius 2 is 1.43 bits per heavy atom. The molecule has 14 heteroatoms. The fourth-order valence-corrected chi connectivity index (χ4v) is 4.88. The van der Waals surface area contributed by atoms with Gasteiger partial charge in [-0.25, -0.2) is 0 Å². The van der Waals surface area contributed by atoms with E-state index in [1.807, 2.05) is 0 Å². The summed E-state index contributed by atoms with van der Waals surface area (Å²) >= 11 is 0. The van der Waals surface area contributed by atoms with Gasteiger partial charge in [-0.05, 0) is 44.5 Å². The zero-order valence-corrected chi connectivity index (χ0v) is 22.6. The third kappa shape index (κ3) is 5.05. The van der Waals surface area contributed by atoms with E-state index >= 15 is 0 Å². The van der Waals surface area contributed by atoms with Gasteiger partial charge >= 0.3 is 6.18 Å². The minimum absolute atomic E-state index is 0.0526. The maximum atomic E-state index is 14.2. The Morgan fingerprint density at radius 1 is 0.881 bits per heavy atom. The number of carbonyl (C=O) groups is 5. The molecule has 0 radical (unpaired) electrons. The predicted molar refractivity (Wildman–Crippen MR) is 136 cm³/mol. The van der Waals surface area contributed by atoms with E-state index < -0.39 is 76.2 Å². The van der Waals surface area contributed by atoms with Gasteiger partial charge in [-0.3, -0.25) is 24.0 Å². The van der Waals surface area contributed by atoms with Crippen molar-refractivity contribution in [2.24, 2.45) is 0 Å². The van der Waals surface area contributed by atoms with E-state index in [0.29, 0.717) is 38.5 Å². The van der Waals surface area contributed by atoms with Crippen molar-refractivity contribution < 1.29 is 67.0 Å². The number of halogens is 3. The van der Waals surface area contributed by atoms with Crippen LogP contribution in [0.4, 0.5) is 13.2 Å².